The van der Waals surface area contributed by atoms with Gasteiger partial charge in [0.05, 0.1) is 13.2 Å². The number of nitrogens with zero attached hydrogens (tertiary/aromatic N) is 1. The van der Waals surface area contributed by atoms with E-state index in [0.717, 1.165) is 38.9 Å². The lowest BCUT2D eigenvalue weighted by molar-refractivity contribution is -0.0110. The summed E-state index contributed by atoms with van der Waals surface area (Å²) in [6, 6.07) is 7.97. The number of ether oxygens (including phenoxy) is 1. The van der Waals surface area contributed by atoms with Crippen LogP contribution in [-0.2, 0) is 11.3 Å². The summed E-state index contributed by atoms with van der Waals surface area (Å²) < 4.78 is 18.5. The number of hydrogen-bond donors (Lipinski definition) is 1. The van der Waals surface area contributed by atoms with Crippen LogP contribution in [0.1, 0.15) is 18.4 Å². The van der Waals surface area contributed by atoms with Crippen LogP contribution in [0.4, 0.5) is 4.39 Å². The molecular formula is C15H21FN2O. The lowest BCUT2D eigenvalue weighted by atomic mass is 10.1. The van der Waals surface area contributed by atoms with Gasteiger partial charge in [0.2, 0.25) is 0 Å². The third-order valence-electron chi connectivity index (χ3n) is 3.87. The second kappa shape index (κ2) is 5.99. The van der Waals surface area contributed by atoms with Crippen molar-refractivity contribution in [3.8, 4) is 0 Å². The number of benzene rings is 1. The van der Waals surface area contributed by atoms with E-state index in [2.05, 4.69) is 10.2 Å². The summed E-state index contributed by atoms with van der Waals surface area (Å²) in [5.41, 5.74) is 1.17. The molecule has 0 bridgehead atoms. The van der Waals surface area contributed by atoms with E-state index in [1.54, 1.807) is 0 Å². The molecule has 3 rings (SSSR count). The SMILES string of the molecule is Fc1ccc(CN2CCOCC2CNC2CC2)cc1. The topological polar surface area (TPSA) is 24.5 Å². The van der Waals surface area contributed by atoms with Gasteiger partial charge in [0.25, 0.3) is 0 Å². The normalized spacial score (nSPS) is 24.6. The van der Waals surface area contributed by atoms with Crippen LogP contribution >= 0.6 is 0 Å². The van der Waals surface area contributed by atoms with Crippen molar-refractivity contribution in [2.24, 2.45) is 0 Å². The largest absolute Gasteiger partial charge is 0.378 e. The van der Waals surface area contributed by atoms with Gasteiger partial charge in [-0.2, -0.15) is 0 Å². The summed E-state index contributed by atoms with van der Waals surface area (Å²) >= 11 is 0. The number of hydrogen-bond acceptors (Lipinski definition) is 3. The Balaban J connectivity index is 1.57. The van der Waals surface area contributed by atoms with Gasteiger partial charge in [-0.25, -0.2) is 4.39 Å². The summed E-state index contributed by atoms with van der Waals surface area (Å²) in [4.78, 5) is 2.44. The molecule has 1 N–H and O–H groups in total. The van der Waals surface area contributed by atoms with Gasteiger partial charge in [-0.1, -0.05) is 12.1 Å². The minimum Gasteiger partial charge on any atom is -0.378 e. The molecule has 1 saturated carbocycles. The van der Waals surface area contributed by atoms with Crippen LogP contribution in [0.5, 0.6) is 0 Å². The van der Waals surface area contributed by atoms with Crippen LogP contribution in [0.2, 0.25) is 0 Å². The Morgan fingerprint density at radius 1 is 1.26 bits per heavy atom. The standard InChI is InChI=1S/C15H21FN2O/c16-13-3-1-12(2-4-13)10-18-7-8-19-11-15(18)9-17-14-5-6-14/h1-4,14-15,17H,5-11H2. The monoisotopic (exact) mass is 264 g/mol. The minimum atomic E-state index is -0.169. The van der Waals surface area contributed by atoms with Crippen LogP contribution in [0.25, 0.3) is 0 Å². The summed E-state index contributed by atoms with van der Waals surface area (Å²) in [5.74, 6) is -0.169. The molecule has 1 atom stereocenters. The van der Waals surface area contributed by atoms with Gasteiger partial charge in [-0.15, -0.1) is 0 Å². The van der Waals surface area contributed by atoms with Gasteiger partial charge in [0.15, 0.2) is 0 Å². The molecule has 0 amide bonds. The predicted molar refractivity (Wildman–Crippen MR) is 72.4 cm³/mol. The Bertz CT molecular complexity index is 405. The molecule has 104 valence electrons. The van der Waals surface area contributed by atoms with Gasteiger partial charge < -0.3 is 10.1 Å². The molecule has 1 aromatic carbocycles. The van der Waals surface area contributed by atoms with Crippen molar-refractivity contribution in [3.05, 3.63) is 35.6 Å². The number of morpholine rings is 1. The molecule has 3 nitrogen and oxygen atoms in total. The lowest BCUT2D eigenvalue weighted by Crippen LogP contribution is -2.50. The molecule has 1 aliphatic carbocycles. The smallest absolute Gasteiger partial charge is 0.123 e. The average molecular weight is 264 g/mol. The van der Waals surface area contributed by atoms with Gasteiger partial charge in [-0.05, 0) is 30.5 Å². The first-order valence-corrected chi connectivity index (χ1v) is 7.11. The fourth-order valence-corrected chi connectivity index (χ4v) is 2.50. The van der Waals surface area contributed by atoms with E-state index < -0.39 is 0 Å². The highest BCUT2D eigenvalue weighted by molar-refractivity contribution is 5.16. The first kappa shape index (κ1) is 13.0. The van der Waals surface area contributed by atoms with Crippen molar-refractivity contribution < 1.29 is 9.13 Å². The Kier molecular flexibility index (Phi) is 4.11. The van der Waals surface area contributed by atoms with Crippen LogP contribution in [0.3, 0.4) is 0 Å². The highest BCUT2D eigenvalue weighted by Gasteiger charge is 2.26. The zero-order valence-electron chi connectivity index (χ0n) is 11.1. The molecule has 1 aliphatic heterocycles. The lowest BCUT2D eigenvalue weighted by Gasteiger charge is -2.35. The molecule has 0 radical (unpaired) electrons. The van der Waals surface area contributed by atoms with E-state index >= 15 is 0 Å². The maximum Gasteiger partial charge on any atom is 0.123 e. The molecule has 0 aromatic heterocycles. The third-order valence-corrected chi connectivity index (χ3v) is 3.87. The summed E-state index contributed by atoms with van der Waals surface area (Å²) in [7, 11) is 0. The van der Waals surface area contributed by atoms with E-state index in [4.69, 9.17) is 4.74 Å². The van der Waals surface area contributed by atoms with E-state index in [1.807, 2.05) is 12.1 Å². The maximum atomic E-state index is 12.9. The molecule has 19 heavy (non-hydrogen) atoms. The Labute approximate surface area is 113 Å². The van der Waals surface area contributed by atoms with Crippen LogP contribution in [-0.4, -0.2) is 43.3 Å². The van der Waals surface area contributed by atoms with Crippen LogP contribution in [0, 0.1) is 5.82 Å². The second-order valence-corrected chi connectivity index (χ2v) is 5.51. The molecule has 1 saturated heterocycles. The van der Waals surface area contributed by atoms with E-state index in [-0.39, 0.29) is 5.82 Å². The van der Waals surface area contributed by atoms with Gasteiger partial charge in [0.1, 0.15) is 5.82 Å². The summed E-state index contributed by atoms with van der Waals surface area (Å²) in [5, 5.41) is 3.57. The molecule has 1 unspecified atom stereocenters. The van der Waals surface area contributed by atoms with Crippen molar-refractivity contribution in [3.63, 3.8) is 0 Å². The third kappa shape index (κ3) is 3.75. The van der Waals surface area contributed by atoms with Crippen molar-refractivity contribution in [1.29, 1.82) is 0 Å². The zero-order valence-corrected chi connectivity index (χ0v) is 11.1. The van der Waals surface area contributed by atoms with Crippen LogP contribution < -0.4 is 5.32 Å². The average Bonchev–Trinajstić information content (AvgIpc) is 3.25. The Morgan fingerprint density at radius 2 is 2.05 bits per heavy atom. The number of halogens is 1. The van der Waals surface area contributed by atoms with Gasteiger partial charge in [0, 0.05) is 31.7 Å². The van der Waals surface area contributed by atoms with Crippen molar-refractivity contribution in [1.82, 2.24) is 10.2 Å². The number of rotatable bonds is 5. The number of nitrogens with one attached hydrogen (secondary N) is 1. The summed E-state index contributed by atoms with van der Waals surface area (Å²) in [6.07, 6.45) is 2.62. The quantitative estimate of drug-likeness (QED) is 0.877. The summed E-state index contributed by atoms with van der Waals surface area (Å²) in [6.45, 7) is 4.41. The molecule has 1 heterocycles. The Hall–Kier alpha value is -0.970. The first-order chi connectivity index (χ1) is 9.31. The Morgan fingerprint density at radius 3 is 2.79 bits per heavy atom. The predicted octanol–water partition coefficient (Wildman–Crippen LogP) is 1.78. The van der Waals surface area contributed by atoms with Gasteiger partial charge in [-0.3, -0.25) is 4.90 Å². The van der Waals surface area contributed by atoms with Gasteiger partial charge >= 0.3 is 0 Å². The minimum absolute atomic E-state index is 0.169. The maximum absolute atomic E-state index is 12.9. The molecule has 2 aliphatic rings. The first-order valence-electron chi connectivity index (χ1n) is 7.11. The molecule has 0 spiro atoms. The highest BCUT2D eigenvalue weighted by atomic mass is 19.1. The van der Waals surface area contributed by atoms with E-state index in [0.29, 0.717) is 6.04 Å². The van der Waals surface area contributed by atoms with Crippen molar-refractivity contribution >= 4 is 0 Å². The van der Waals surface area contributed by atoms with Crippen molar-refractivity contribution in [2.45, 2.75) is 31.5 Å². The van der Waals surface area contributed by atoms with Crippen molar-refractivity contribution in [2.75, 3.05) is 26.3 Å². The molecule has 4 heteroatoms. The molecular weight excluding hydrogens is 243 g/mol. The fraction of sp³-hybridized carbons (Fsp3) is 0.600. The van der Waals surface area contributed by atoms with E-state index in [9.17, 15) is 4.39 Å². The molecule has 2 fully saturated rings. The zero-order chi connectivity index (χ0) is 13.1. The highest BCUT2D eigenvalue weighted by Crippen LogP contribution is 2.19. The van der Waals surface area contributed by atoms with Crippen LogP contribution in [0.15, 0.2) is 24.3 Å². The van der Waals surface area contributed by atoms with E-state index in [1.165, 1.54) is 30.5 Å². The molecule has 1 aromatic rings. The second-order valence-electron chi connectivity index (χ2n) is 5.51. The fourth-order valence-electron chi connectivity index (χ4n) is 2.50.